The van der Waals surface area contributed by atoms with E-state index in [4.69, 9.17) is 0 Å². The number of aromatic nitrogens is 4. The Morgan fingerprint density at radius 2 is 1.83 bits per heavy atom. The summed E-state index contributed by atoms with van der Waals surface area (Å²) in [7, 11) is 0. The minimum Gasteiger partial charge on any atom is -0.339 e. The van der Waals surface area contributed by atoms with Gasteiger partial charge in [-0.15, -0.1) is 16.4 Å². The van der Waals surface area contributed by atoms with Gasteiger partial charge < -0.3 is 4.90 Å². The lowest BCUT2D eigenvalue weighted by molar-refractivity contribution is 0.0760. The van der Waals surface area contributed by atoms with E-state index in [9.17, 15) is 4.79 Å². The molecule has 1 aliphatic carbocycles. The van der Waals surface area contributed by atoms with E-state index in [0.717, 1.165) is 49.3 Å². The van der Waals surface area contributed by atoms with Gasteiger partial charge in [-0.25, -0.2) is 0 Å². The lowest BCUT2D eigenvalue weighted by Gasteiger charge is -2.22. The summed E-state index contributed by atoms with van der Waals surface area (Å²) in [5.41, 5.74) is 2.11. The first-order valence-corrected chi connectivity index (χ1v) is 9.33. The zero-order valence-electron chi connectivity index (χ0n) is 13.2. The standard InChI is InChI=1S/C16H21N5OS/c22-15(20-9-5-1-2-6-10-20)14-12-7-3-4-8-13(12)23-16(14)21-11-17-18-19-21/h11H,1-10H2. The van der Waals surface area contributed by atoms with Crippen molar-refractivity contribution in [1.29, 1.82) is 0 Å². The molecule has 1 saturated heterocycles. The van der Waals surface area contributed by atoms with Crippen molar-refractivity contribution in [2.24, 2.45) is 0 Å². The summed E-state index contributed by atoms with van der Waals surface area (Å²) in [5, 5.41) is 12.4. The molecule has 1 aliphatic heterocycles. The van der Waals surface area contributed by atoms with Crippen LogP contribution in [0.2, 0.25) is 0 Å². The molecule has 0 spiro atoms. The van der Waals surface area contributed by atoms with Gasteiger partial charge in [0.1, 0.15) is 11.3 Å². The number of carbonyl (C=O) groups is 1. The van der Waals surface area contributed by atoms with Gasteiger partial charge in [0.25, 0.3) is 5.91 Å². The molecule has 2 aromatic rings. The molecule has 7 heteroatoms. The number of hydrogen-bond acceptors (Lipinski definition) is 5. The molecule has 1 fully saturated rings. The molecular weight excluding hydrogens is 310 g/mol. The van der Waals surface area contributed by atoms with E-state index in [-0.39, 0.29) is 5.91 Å². The summed E-state index contributed by atoms with van der Waals surface area (Å²) in [5.74, 6) is 0.178. The largest absolute Gasteiger partial charge is 0.339 e. The molecule has 3 heterocycles. The Bertz CT molecular complexity index is 686. The van der Waals surface area contributed by atoms with Crippen LogP contribution < -0.4 is 0 Å². The SMILES string of the molecule is O=C(c1c(-n2cnnn2)sc2c1CCCC2)N1CCCCCC1. The van der Waals surface area contributed by atoms with Gasteiger partial charge in [-0.05, 0) is 54.5 Å². The van der Waals surface area contributed by atoms with E-state index in [1.807, 2.05) is 4.90 Å². The molecule has 0 atom stereocenters. The van der Waals surface area contributed by atoms with Crippen molar-refractivity contribution in [2.45, 2.75) is 51.4 Å². The van der Waals surface area contributed by atoms with E-state index >= 15 is 0 Å². The average molecular weight is 331 g/mol. The van der Waals surface area contributed by atoms with Crippen molar-refractivity contribution >= 4 is 17.2 Å². The smallest absolute Gasteiger partial charge is 0.257 e. The fourth-order valence-electron chi connectivity index (χ4n) is 3.62. The number of amides is 1. The summed E-state index contributed by atoms with van der Waals surface area (Å²) in [6.07, 6.45) is 10.7. The van der Waals surface area contributed by atoms with Gasteiger partial charge in [0.2, 0.25) is 0 Å². The molecule has 2 aliphatic rings. The third-order valence-electron chi connectivity index (χ3n) is 4.82. The minimum absolute atomic E-state index is 0.178. The van der Waals surface area contributed by atoms with Gasteiger partial charge in [-0.3, -0.25) is 4.79 Å². The molecule has 0 unspecified atom stereocenters. The van der Waals surface area contributed by atoms with E-state index in [1.54, 1.807) is 22.3 Å². The second-order valence-corrected chi connectivity index (χ2v) is 7.44. The van der Waals surface area contributed by atoms with Crippen molar-refractivity contribution < 1.29 is 4.79 Å². The third-order valence-corrected chi connectivity index (χ3v) is 6.10. The van der Waals surface area contributed by atoms with Crippen LogP contribution in [0.15, 0.2) is 6.33 Å². The number of likely N-dealkylation sites (tertiary alicyclic amines) is 1. The first-order chi connectivity index (χ1) is 11.3. The molecule has 0 N–H and O–H groups in total. The van der Waals surface area contributed by atoms with Crippen LogP contribution in [0.4, 0.5) is 0 Å². The number of tetrazole rings is 1. The monoisotopic (exact) mass is 331 g/mol. The van der Waals surface area contributed by atoms with Gasteiger partial charge in [-0.2, -0.15) is 4.68 Å². The van der Waals surface area contributed by atoms with Crippen LogP contribution in [-0.4, -0.2) is 44.1 Å². The van der Waals surface area contributed by atoms with Gasteiger partial charge in [-0.1, -0.05) is 12.8 Å². The highest BCUT2D eigenvalue weighted by Crippen LogP contribution is 2.37. The maximum atomic E-state index is 13.3. The summed E-state index contributed by atoms with van der Waals surface area (Å²) < 4.78 is 1.66. The second-order valence-electron chi connectivity index (χ2n) is 6.35. The van der Waals surface area contributed by atoms with Crippen molar-refractivity contribution in [3.8, 4) is 5.00 Å². The Balaban J connectivity index is 1.76. The van der Waals surface area contributed by atoms with Gasteiger partial charge >= 0.3 is 0 Å². The highest BCUT2D eigenvalue weighted by Gasteiger charge is 2.29. The van der Waals surface area contributed by atoms with Crippen molar-refractivity contribution in [3.05, 3.63) is 22.3 Å². The maximum absolute atomic E-state index is 13.3. The van der Waals surface area contributed by atoms with Gasteiger partial charge in [0, 0.05) is 18.0 Å². The first-order valence-electron chi connectivity index (χ1n) is 8.52. The van der Waals surface area contributed by atoms with Crippen molar-refractivity contribution in [1.82, 2.24) is 25.1 Å². The molecule has 0 aromatic carbocycles. The number of hydrogen-bond donors (Lipinski definition) is 0. The van der Waals surface area contributed by atoms with E-state index in [2.05, 4.69) is 15.5 Å². The molecule has 122 valence electrons. The summed E-state index contributed by atoms with van der Waals surface area (Å²) in [6, 6.07) is 0. The van der Waals surface area contributed by atoms with Crippen LogP contribution in [0.3, 0.4) is 0 Å². The molecule has 6 nitrogen and oxygen atoms in total. The molecule has 0 saturated carbocycles. The Morgan fingerprint density at radius 3 is 2.57 bits per heavy atom. The summed E-state index contributed by atoms with van der Waals surface area (Å²) >= 11 is 1.69. The fourth-order valence-corrected chi connectivity index (χ4v) is 4.92. The average Bonchev–Trinajstić information content (AvgIpc) is 3.14. The van der Waals surface area contributed by atoms with E-state index in [1.165, 1.54) is 36.1 Å². The summed E-state index contributed by atoms with van der Waals surface area (Å²) in [4.78, 5) is 16.6. The normalized spacial score (nSPS) is 18.5. The second kappa shape index (κ2) is 6.39. The number of fused-ring (bicyclic) bond motifs is 1. The molecule has 23 heavy (non-hydrogen) atoms. The maximum Gasteiger partial charge on any atom is 0.257 e. The quantitative estimate of drug-likeness (QED) is 0.848. The Morgan fingerprint density at radius 1 is 1.04 bits per heavy atom. The fraction of sp³-hybridized carbons (Fsp3) is 0.625. The van der Waals surface area contributed by atoms with Crippen LogP contribution in [0, 0.1) is 0 Å². The molecule has 1 amide bonds. The first kappa shape index (κ1) is 14.8. The highest BCUT2D eigenvalue weighted by molar-refractivity contribution is 7.15. The molecular formula is C16H21N5OS. The van der Waals surface area contributed by atoms with Gasteiger partial charge in [0.15, 0.2) is 0 Å². The van der Waals surface area contributed by atoms with Crippen LogP contribution in [0.5, 0.6) is 0 Å². The predicted molar refractivity (Wildman–Crippen MR) is 88.0 cm³/mol. The number of nitrogens with zero attached hydrogens (tertiary/aromatic N) is 5. The van der Waals surface area contributed by atoms with E-state index in [0.29, 0.717) is 0 Å². The molecule has 0 radical (unpaired) electrons. The van der Waals surface area contributed by atoms with Crippen molar-refractivity contribution in [3.63, 3.8) is 0 Å². The third kappa shape index (κ3) is 2.78. The Labute approximate surface area is 139 Å². The Hall–Kier alpha value is -1.76. The minimum atomic E-state index is 0.178. The number of rotatable bonds is 2. The predicted octanol–water partition coefficient (Wildman–Crippen LogP) is 2.62. The zero-order valence-corrected chi connectivity index (χ0v) is 14.0. The lowest BCUT2D eigenvalue weighted by Crippen LogP contribution is -2.33. The van der Waals surface area contributed by atoms with E-state index < -0.39 is 0 Å². The highest BCUT2D eigenvalue weighted by atomic mass is 32.1. The number of thiophene rings is 1. The van der Waals surface area contributed by atoms with Crippen LogP contribution in [0.1, 0.15) is 59.3 Å². The van der Waals surface area contributed by atoms with Crippen molar-refractivity contribution in [2.75, 3.05) is 13.1 Å². The topological polar surface area (TPSA) is 63.9 Å². The molecule has 4 rings (SSSR count). The van der Waals surface area contributed by atoms with Crippen LogP contribution in [0.25, 0.3) is 5.00 Å². The molecule has 2 aromatic heterocycles. The molecule has 0 bridgehead atoms. The van der Waals surface area contributed by atoms with Gasteiger partial charge in [0.05, 0.1) is 5.56 Å². The Kier molecular flexibility index (Phi) is 4.11. The number of aryl methyl sites for hydroxylation is 1. The zero-order chi connectivity index (χ0) is 15.6. The number of carbonyl (C=O) groups excluding carboxylic acids is 1. The summed E-state index contributed by atoms with van der Waals surface area (Å²) in [6.45, 7) is 1.75. The lowest BCUT2D eigenvalue weighted by atomic mass is 9.95. The van der Waals surface area contributed by atoms with Crippen LogP contribution >= 0.6 is 11.3 Å². The van der Waals surface area contributed by atoms with Crippen LogP contribution in [-0.2, 0) is 12.8 Å².